The molecule has 1 aliphatic heterocycles. The molecule has 2 N–H and O–H groups in total. The summed E-state index contributed by atoms with van der Waals surface area (Å²) in [4.78, 5) is 28.3. The summed E-state index contributed by atoms with van der Waals surface area (Å²) in [6, 6.07) is 11.4. The number of oxazole rings is 1. The third kappa shape index (κ3) is 3.62. The van der Waals surface area contributed by atoms with E-state index in [0.717, 1.165) is 23.3 Å². The molecule has 2 heterocycles. The Bertz CT molecular complexity index is 978. The second kappa shape index (κ2) is 7.11. The lowest BCUT2D eigenvalue weighted by molar-refractivity contribution is -0.142. The molecule has 4 rings (SSSR count). The van der Waals surface area contributed by atoms with Crippen molar-refractivity contribution in [3.63, 3.8) is 0 Å². The molecule has 0 saturated heterocycles. The third-order valence-corrected chi connectivity index (χ3v) is 4.50. The maximum Gasteiger partial charge on any atom is 0.330 e. The van der Waals surface area contributed by atoms with Gasteiger partial charge in [-0.2, -0.15) is 0 Å². The maximum absolute atomic E-state index is 12.3. The molecule has 0 saturated carbocycles. The van der Waals surface area contributed by atoms with Gasteiger partial charge in [-0.05, 0) is 35.4 Å². The fourth-order valence-electron chi connectivity index (χ4n) is 3.15. The number of ether oxygens (including phenoxy) is 1. The van der Waals surface area contributed by atoms with Crippen molar-refractivity contribution in [3.05, 3.63) is 59.5 Å². The van der Waals surface area contributed by atoms with Crippen LogP contribution in [-0.4, -0.2) is 28.6 Å². The van der Waals surface area contributed by atoms with E-state index in [-0.39, 0.29) is 12.3 Å². The minimum atomic E-state index is -1.11. The van der Waals surface area contributed by atoms with Crippen molar-refractivity contribution in [2.75, 3.05) is 6.61 Å². The summed E-state index contributed by atoms with van der Waals surface area (Å²) in [5, 5.41) is 12.1. The summed E-state index contributed by atoms with van der Waals surface area (Å²) in [7, 11) is 0. The zero-order chi connectivity index (χ0) is 18.8. The van der Waals surface area contributed by atoms with Gasteiger partial charge in [-0.15, -0.1) is 0 Å². The Morgan fingerprint density at radius 3 is 2.89 bits per heavy atom. The molecule has 1 aromatic heterocycles. The lowest BCUT2D eigenvalue weighted by atomic mass is 10.0. The number of aliphatic carboxylic acids is 1. The molecule has 1 amide bonds. The Hall–Kier alpha value is -3.35. The molecule has 0 fully saturated rings. The van der Waals surface area contributed by atoms with Gasteiger partial charge in [-0.1, -0.05) is 18.2 Å². The van der Waals surface area contributed by atoms with Gasteiger partial charge in [-0.25, -0.2) is 9.78 Å². The van der Waals surface area contributed by atoms with Gasteiger partial charge in [-0.3, -0.25) is 4.79 Å². The Morgan fingerprint density at radius 2 is 2.07 bits per heavy atom. The number of benzene rings is 2. The summed E-state index contributed by atoms with van der Waals surface area (Å²) in [5.74, 6) is -0.261. The Kier molecular flexibility index (Phi) is 4.50. The fourth-order valence-corrected chi connectivity index (χ4v) is 3.15. The molecule has 138 valence electrons. The monoisotopic (exact) mass is 366 g/mol. The number of hydrogen-bond donors (Lipinski definition) is 2. The first-order valence-corrected chi connectivity index (χ1v) is 8.72. The largest absolute Gasteiger partial charge is 0.493 e. The SMILES string of the molecule is O=C(CCc1nc2ccccc2o1)NC(C(=O)O)c1ccc2c(c1)CCO2. The molecule has 1 unspecified atom stereocenters. The standard InChI is InChI=1S/C20H18N2O5/c23-17(7-8-18-21-14-3-1-2-4-16(14)27-18)22-19(20(24)25)13-5-6-15-12(11-13)9-10-26-15/h1-6,11,19H,7-10H2,(H,22,23)(H,24,25). The van der Waals surface area contributed by atoms with Gasteiger partial charge in [0.15, 0.2) is 17.5 Å². The molecular formula is C20H18N2O5. The van der Waals surface area contributed by atoms with Crippen LogP contribution in [0.5, 0.6) is 5.75 Å². The Labute approximate surface area is 155 Å². The van der Waals surface area contributed by atoms with Crippen LogP contribution < -0.4 is 10.1 Å². The van der Waals surface area contributed by atoms with Crippen LogP contribution in [0.1, 0.15) is 29.5 Å². The van der Waals surface area contributed by atoms with Gasteiger partial charge in [0.1, 0.15) is 11.3 Å². The third-order valence-electron chi connectivity index (χ3n) is 4.50. The minimum absolute atomic E-state index is 0.0880. The van der Waals surface area contributed by atoms with E-state index in [0.29, 0.717) is 30.1 Å². The number of carboxylic acids is 1. The van der Waals surface area contributed by atoms with Crippen LogP contribution in [0.3, 0.4) is 0 Å². The van der Waals surface area contributed by atoms with Crippen LogP contribution in [0.4, 0.5) is 0 Å². The van der Waals surface area contributed by atoms with E-state index in [1.54, 1.807) is 18.2 Å². The number of nitrogens with one attached hydrogen (secondary N) is 1. The first-order chi connectivity index (χ1) is 13.1. The molecule has 0 aliphatic carbocycles. The average molecular weight is 366 g/mol. The van der Waals surface area contributed by atoms with Gasteiger partial charge in [0, 0.05) is 19.3 Å². The molecule has 3 aromatic rings. The maximum atomic E-state index is 12.3. The smallest absolute Gasteiger partial charge is 0.330 e. The first kappa shape index (κ1) is 17.1. The number of carbonyl (C=O) groups excluding carboxylic acids is 1. The van der Waals surface area contributed by atoms with Crippen molar-refractivity contribution in [2.45, 2.75) is 25.3 Å². The van der Waals surface area contributed by atoms with Crippen molar-refractivity contribution in [1.82, 2.24) is 10.3 Å². The average Bonchev–Trinajstić information content (AvgIpc) is 3.29. The summed E-state index contributed by atoms with van der Waals surface area (Å²) in [6.45, 7) is 0.591. The molecular weight excluding hydrogens is 348 g/mol. The number of nitrogens with zero attached hydrogens (tertiary/aromatic N) is 1. The highest BCUT2D eigenvalue weighted by Gasteiger charge is 2.24. The normalized spacial score (nSPS) is 13.8. The van der Waals surface area contributed by atoms with Crippen LogP contribution in [-0.2, 0) is 22.4 Å². The molecule has 1 aliphatic rings. The zero-order valence-electron chi connectivity index (χ0n) is 14.5. The van der Waals surface area contributed by atoms with Gasteiger partial charge >= 0.3 is 5.97 Å². The highest BCUT2D eigenvalue weighted by atomic mass is 16.5. The highest BCUT2D eigenvalue weighted by molar-refractivity contribution is 5.84. The van der Waals surface area contributed by atoms with Crippen molar-refractivity contribution in [3.8, 4) is 5.75 Å². The van der Waals surface area contributed by atoms with Crippen LogP contribution >= 0.6 is 0 Å². The van der Waals surface area contributed by atoms with Gasteiger partial charge < -0.3 is 19.6 Å². The molecule has 2 aromatic carbocycles. The molecule has 7 heteroatoms. The fraction of sp³-hybridized carbons (Fsp3) is 0.250. The van der Waals surface area contributed by atoms with Crippen molar-refractivity contribution < 1.29 is 23.8 Å². The topological polar surface area (TPSA) is 102 Å². The lowest BCUT2D eigenvalue weighted by Crippen LogP contribution is -2.33. The number of amides is 1. The van der Waals surface area contributed by atoms with Crippen molar-refractivity contribution in [1.29, 1.82) is 0 Å². The molecule has 7 nitrogen and oxygen atoms in total. The highest BCUT2D eigenvalue weighted by Crippen LogP contribution is 2.28. The summed E-state index contributed by atoms with van der Waals surface area (Å²) in [5.41, 5.74) is 2.88. The second-order valence-electron chi connectivity index (χ2n) is 6.38. The lowest BCUT2D eigenvalue weighted by Gasteiger charge is -2.15. The number of carboxylic acid groups (broad SMARTS) is 1. The minimum Gasteiger partial charge on any atom is -0.493 e. The second-order valence-corrected chi connectivity index (χ2v) is 6.38. The number of aromatic nitrogens is 1. The van der Waals surface area contributed by atoms with E-state index in [4.69, 9.17) is 9.15 Å². The molecule has 0 radical (unpaired) electrons. The number of hydrogen-bond acceptors (Lipinski definition) is 5. The van der Waals surface area contributed by atoms with Gasteiger partial charge in [0.2, 0.25) is 5.91 Å². The number of para-hydroxylation sites is 2. The summed E-state index contributed by atoms with van der Waals surface area (Å²) >= 11 is 0. The van der Waals surface area contributed by atoms with Crippen LogP contribution in [0, 0.1) is 0 Å². The van der Waals surface area contributed by atoms with Gasteiger partial charge in [0.25, 0.3) is 0 Å². The van der Waals surface area contributed by atoms with Crippen LogP contribution in [0.15, 0.2) is 46.9 Å². The van der Waals surface area contributed by atoms with E-state index >= 15 is 0 Å². The number of aryl methyl sites for hydroxylation is 1. The molecule has 0 spiro atoms. The summed E-state index contributed by atoms with van der Waals surface area (Å²) < 4.78 is 11.0. The van der Waals surface area contributed by atoms with Crippen molar-refractivity contribution >= 4 is 23.0 Å². The van der Waals surface area contributed by atoms with E-state index in [2.05, 4.69) is 10.3 Å². The quantitative estimate of drug-likeness (QED) is 0.695. The Morgan fingerprint density at radius 1 is 1.22 bits per heavy atom. The summed E-state index contributed by atoms with van der Waals surface area (Å²) in [6.07, 6.45) is 1.12. The van der Waals surface area contributed by atoms with E-state index in [9.17, 15) is 14.7 Å². The van der Waals surface area contributed by atoms with Crippen molar-refractivity contribution in [2.24, 2.45) is 0 Å². The number of rotatable bonds is 6. The predicted molar refractivity (Wildman–Crippen MR) is 96.5 cm³/mol. The van der Waals surface area contributed by atoms with E-state index in [1.165, 1.54) is 0 Å². The molecule has 0 bridgehead atoms. The number of fused-ring (bicyclic) bond motifs is 2. The predicted octanol–water partition coefficient (Wildman–Crippen LogP) is 2.64. The first-order valence-electron chi connectivity index (χ1n) is 8.72. The number of carbonyl (C=O) groups is 2. The van der Waals surface area contributed by atoms with E-state index < -0.39 is 12.0 Å². The zero-order valence-corrected chi connectivity index (χ0v) is 14.5. The van der Waals surface area contributed by atoms with Crippen LogP contribution in [0.2, 0.25) is 0 Å². The van der Waals surface area contributed by atoms with E-state index in [1.807, 2.05) is 24.3 Å². The molecule has 27 heavy (non-hydrogen) atoms. The molecule has 1 atom stereocenters. The van der Waals surface area contributed by atoms with Gasteiger partial charge in [0.05, 0.1) is 6.61 Å². The Balaban J connectivity index is 1.42. The van der Waals surface area contributed by atoms with Crippen LogP contribution in [0.25, 0.3) is 11.1 Å².